The van der Waals surface area contributed by atoms with E-state index in [1.54, 1.807) is 20.2 Å². The molecule has 9 heteroatoms. The number of halogens is 3. The number of likely N-dealkylation sites (N-methyl/N-ethyl adjacent to an activating group) is 1. The number of nitrogens with zero attached hydrogens (tertiary/aromatic N) is 3. The molecule has 1 saturated heterocycles. The minimum atomic E-state index is -4.39. The van der Waals surface area contributed by atoms with Crippen LogP contribution >= 0.6 is 0 Å². The number of carbonyl (C=O) groups is 1. The molecule has 0 radical (unpaired) electrons. The molecule has 6 nitrogen and oxygen atoms in total. The van der Waals surface area contributed by atoms with Crippen LogP contribution in [-0.4, -0.2) is 68.0 Å². The first kappa shape index (κ1) is 20.4. The van der Waals surface area contributed by atoms with Crippen molar-refractivity contribution in [3.05, 3.63) is 35.4 Å². The van der Waals surface area contributed by atoms with Crippen molar-refractivity contribution in [1.29, 1.82) is 0 Å². The van der Waals surface area contributed by atoms with Crippen molar-refractivity contribution in [2.24, 2.45) is 4.99 Å². The van der Waals surface area contributed by atoms with Crippen LogP contribution in [0.1, 0.15) is 30.1 Å². The summed E-state index contributed by atoms with van der Waals surface area (Å²) < 4.78 is 44.8. The lowest BCUT2D eigenvalue weighted by Gasteiger charge is -2.35. The normalized spacial score (nSPS) is 20.8. The molecule has 154 valence electrons. The standard InChI is InChI=1S/C19H25F3N4O2/c1-25(2)17(27)11-23-18(24-15-6-7-15)26-8-9-28-16(12-26)13-4-3-5-14(10-13)19(20,21)22/h3-5,10,15-16H,6-9,11-12H2,1-2H3,(H,23,24). The summed E-state index contributed by atoms with van der Waals surface area (Å²) in [7, 11) is 3.34. The number of hydrogen-bond donors (Lipinski definition) is 1. The molecule has 1 aromatic rings. The highest BCUT2D eigenvalue weighted by Gasteiger charge is 2.33. The van der Waals surface area contributed by atoms with Crippen molar-refractivity contribution in [1.82, 2.24) is 15.1 Å². The molecule has 1 aliphatic carbocycles. The zero-order valence-electron chi connectivity index (χ0n) is 16.0. The van der Waals surface area contributed by atoms with Crippen molar-refractivity contribution in [2.75, 3.05) is 40.3 Å². The maximum atomic E-state index is 13.0. The van der Waals surface area contributed by atoms with Crippen LogP contribution in [0.3, 0.4) is 0 Å². The van der Waals surface area contributed by atoms with Crippen LogP contribution in [0.2, 0.25) is 0 Å². The number of morpholine rings is 1. The van der Waals surface area contributed by atoms with Crippen molar-refractivity contribution in [3.63, 3.8) is 0 Å². The van der Waals surface area contributed by atoms with E-state index in [0.717, 1.165) is 25.0 Å². The highest BCUT2D eigenvalue weighted by atomic mass is 19.4. The predicted molar refractivity (Wildman–Crippen MR) is 98.9 cm³/mol. The average molecular weight is 398 g/mol. The van der Waals surface area contributed by atoms with Gasteiger partial charge in [0.25, 0.3) is 0 Å². The molecule has 1 heterocycles. The van der Waals surface area contributed by atoms with Gasteiger partial charge in [0.2, 0.25) is 5.91 Å². The number of amides is 1. The summed E-state index contributed by atoms with van der Waals surface area (Å²) >= 11 is 0. The molecule has 3 rings (SSSR count). The number of rotatable bonds is 4. The molecule has 1 aromatic carbocycles. The molecule has 0 aromatic heterocycles. The fraction of sp³-hybridized carbons (Fsp3) is 0.579. The van der Waals surface area contributed by atoms with Gasteiger partial charge in [-0.3, -0.25) is 4.79 Å². The molecule has 2 aliphatic rings. The lowest BCUT2D eigenvalue weighted by Crippen LogP contribution is -2.49. The van der Waals surface area contributed by atoms with E-state index in [1.807, 2.05) is 4.90 Å². The summed E-state index contributed by atoms with van der Waals surface area (Å²) in [6.45, 7) is 1.32. The summed E-state index contributed by atoms with van der Waals surface area (Å²) in [5.74, 6) is 0.496. The first-order chi connectivity index (χ1) is 13.2. The number of guanidine groups is 1. The van der Waals surface area contributed by atoms with E-state index in [2.05, 4.69) is 10.3 Å². The van der Waals surface area contributed by atoms with Crippen molar-refractivity contribution in [3.8, 4) is 0 Å². The fourth-order valence-electron chi connectivity index (χ4n) is 2.89. The number of alkyl halides is 3. The molecule has 2 fully saturated rings. The van der Waals surface area contributed by atoms with E-state index in [1.165, 1.54) is 11.0 Å². The van der Waals surface area contributed by atoms with Gasteiger partial charge in [0, 0.05) is 26.7 Å². The van der Waals surface area contributed by atoms with Crippen LogP contribution in [0.25, 0.3) is 0 Å². The summed E-state index contributed by atoms with van der Waals surface area (Å²) in [4.78, 5) is 19.8. The Morgan fingerprint density at radius 2 is 2.11 bits per heavy atom. The summed E-state index contributed by atoms with van der Waals surface area (Å²) in [5.41, 5.74) is -0.207. The maximum Gasteiger partial charge on any atom is 0.416 e. The fourth-order valence-corrected chi connectivity index (χ4v) is 2.89. The molecule has 1 aliphatic heterocycles. The Morgan fingerprint density at radius 1 is 1.36 bits per heavy atom. The van der Waals surface area contributed by atoms with E-state index in [0.29, 0.717) is 37.3 Å². The molecule has 1 atom stereocenters. The van der Waals surface area contributed by atoms with Gasteiger partial charge in [0.1, 0.15) is 12.6 Å². The van der Waals surface area contributed by atoms with Gasteiger partial charge >= 0.3 is 6.18 Å². The third kappa shape index (κ3) is 5.37. The van der Waals surface area contributed by atoms with Gasteiger partial charge in [-0.15, -0.1) is 0 Å². The highest BCUT2D eigenvalue weighted by molar-refractivity contribution is 5.85. The molecular weight excluding hydrogens is 373 g/mol. The lowest BCUT2D eigenvalue weighted by atomic mass is 10.0. The van der Waals surface area contributed by atoms with Crippen LogP contribution in [0, 0.1) is 0 Å². The molecule has 0 spiro atoms. The van der Waals surface area contributed by atoms with Crippen LogP contribution in [0.4, 0.5) is 13.2 Å². The van der Waals surface area contributed by atoms with Gasteiger partial charge in [-0.05, 0) is 30.5 Å². The van der Waals surface area contributed by atoms with Crippen molar-refractivity contribution >= 4 is 11.9 Å². The summed E-state index contributed by atoms with van der Waals surface area (Å²) in [5, 5.41) is 3.33. The number of aliphatic imine (C=N–C) groups is 1. The molecule has 28 heavy (non-hydrogen) atoms. The monoisotopic (exact) mass is 398 g/mol. The number of carbonyl (C=O) groups excluding carboxylic acids is 1. The summed E-state index contributed by atoms with van der Waals surface area (Å²) in [6.07, 6.45) is -2.80. The smallest absolute Gasteiger partial charge is 0.370 e. The molecular formula is C19H25F3N4O2. The first-order valence-corrected chi connectivity index (χ1v) is 9.29. The molecule has 0 bridgehead atoms. The third-order valence-corrected chi connectivity index (χ3v) is 4.73. The van der Waals surface area contributed by atoms with E-state index in [9.17, 15) is 18.0 Å². The SMILES string of the molecule is CN(C)C(=O)CN=C(NC1CC1)N1CCOC(c2cccc(C(F)(F)F)c2)C1. The molecule has 1 amide bonds. The van der Waals surface area contributed by atoms with Gasteiger partial charge in [-0.1, -0.05) is 12.1 Å². The maximum absolute atomic E-state index is 13.0. The number of nitrogens with one attached hydrogen (secondary N) is 1. The Hall–Kier alpha value is -2.29. The van der Waals surface area contributed by atoms with Crippen LogP contribution in [0.5, 0.6) is 0 Å². The highest BCUT2D eigenvalue weighted by Crippen LogP contribution is 2.32. The minimum Gasteiger partial charge on any atom is -0.370 e. The van der Waals surface area contributed by atoms with Crippen molar-refractivity contribution < 1.29 is 22.7 Å². The van der Waals surface area contributed by atoms with Gasteiger partial charge < -0.3 is 19.9 Å². The topological polar surface area (TPSA) is 57.2 Å². The van der Waals surface area contributed by atoms with Crippen LogP contribution in [-0.2, 0) is 15.7 Å². The largest absolute Gasteiger partial charge is 0.416 e. The number of hydrogen-bond acceptors (Lipinski definition) is 3. The van der Waals surface area contributed by atoms with E-state index in [4.69, 9.17) is 4.74 Å². The number of benzene rings is 1. The zero-order chi connectivity index (χ0) is 20.3. The van der Waals surface area contributed by atoms with Crippen molar-refractivity contribution in [2.45, 2.75) is 31.2 Å². The number of ether oxygens (including phenoxy) is 1. The zero-order valence-corrected chi connectivity index (χ0v) is 16.0. The Labute approximate surface area is 162 Å². The second-order valence-electron chi connectivity index (χ2n) is 7.28. The second-order valence-corrected chi connectivity index (χ2v) is 7.28. The van der Waals surface area contributed by atoms with Crippen LogP contribution < -0.4 is 5.32 Å². The molecule has 1 N–H and O–H groups in total. The quantitative estimate of drug-likeness (QED) is 0.625. The second kappa shape index (κ2) is 8.38. The van der Waals surface area contributed by atoms with Crippen LogP contribution in [0.15, 0.2) is 29.3 Å². The Bertz CT molecular complexity index is 732. The van der Waals surface area contributed by atoms with Gasteiger partial charge in [-0.25, -0.2) is 4.99 Å². The predicted octanol–water partition coefficient (Wildman–Crippen LogP) is 2.27. The third-order valence-electron chi connectivity index (χ3n) is 4.73. The lowest BCUT2D eigenvalue weighted by molar-refractivity contribution is -0.137. The van der Waals surface area contributed by atoms with Gasteiger partial charge in [0.15, 0.2) is 5.96 Å². The van der Waals surface area contributed by atoms with Gasteiger partial charge in [0.05, 0.1) is 18.7 Å². The van der Waals surface area contributed by atoms with E-state index >= 15 is 0 Å². The minimum absolute atomic E-state index is 0.0215. The van der Waals surface area contributed by atoms with E-state index in [-0.39, 0.29) is 12.5 Å². The summed E-state index contributed by atoms with van der Waals surface area (Å²) in [6, 6.07) is 5.56. The molecule has 1 saturated carbocycles. The van der Waals surface area contributed by atoms with E-state index < -0.39 is 17.8 Å². The Morgan fingerprint density at radius 3 is 2.75 bits per heavy atom. The van der Waals surface area contributed by atoms with Gasteiger partial charge in [-0.2, -0.15) is 13.2 Å². The molecule has 1 unspecified atom stereocenters. The Balaban J connectivity index is 1.74. The first-order valence-electron chi connectivity index (χ1n) is 9.29. The average Bonchev–Trinajstić information content (AvgIpc) is 3.48. The Kier molecular flexibility index (Phi) is 6.12.